The van der Waals surface area contributed by atoms with Crippen LogP contribution in [0.3, 0.4) is 0 Å². The van der Waals surface area contributed by atoms with Crippen molar-refractivity contribution in [2.75, 3.05) is 0 Å². The van der Waals surface area contributed by atoms with Gasteiger partial charge in [-0.1, -0.05) is 31.6 Å². The molecule has 0 radical (unpaired) electrons. The Labute approximate surface area is 140 Å². The minimum atomic E-state index is -0.166. The van der Waals surface area contributed by atoms with Crippen LogP contribution in [0.1, 0.15) is 58.8 Å². The third-order valence-corrected chi connectivity index (χ3v) is 7.80. The largest absolute Gasteiger partial charge is 0.392 e. The second kappa shape index (κ2) is 5.58. The van der Waals surface area contributed by atoms with Crippen molar-refractivity contribution < 1.29 is 9.90 Å². The van der Waals surface area contributed by atoms with Crippen molar-refractivity contribution >= 4 is 5.78 Å². The van der Waals surface area contributed by atoms with Gasteiger partial charge in [0.2, 0.25) is 0 Å². The first-order valence-corrected chi connectivity index (χ1v) is 9.65. The summed E-state index contributed by atoms with van der Waals surface area (Å²) in [5, 5.41) is 10.8. The fourth-order valence-corrected chi connectivity index (χ4v) is 6.71. The van der Waals surface area contributed by atoms with Gasteiger partial charge in [0.05, 0.1) is 6.10 Å². The molecule has 4 aliphatic carbocycles. The van der Waals surface area contributed by atoms with Crippen LogP contribution in [-0.2, 0) is 4.79 Å². The van der Waals surface area contributed by atoms with Crippen LogP contribution in [0.2, 0.25) is 0 Å². The topological polar surface area (TPSA) is 37.3 Å². The molecule has 7 atom stereocenters. The number of allylic oxidation sites excluding steroid dienone is 3. The second-order valence-corrected chi connectivity index (χ2v) is 8.58. The Morgan fingerprint density at radius 3 is 2.96 bits per heavy atom. The molecule has 126 valence electrons. The van der Waals surface area contributed by atoms with Gasteiger partial charge in [0.15, 0.2) is 5.78 Å². The molecular weight excluding hydrogens is 284 g/mol. The first-order valence-electron chi connectivity index (χ1n) is 9.65. The fourth-order valence-electron chi connectivity index (χ4n) is 6.71. The van der Waals surface area contributed by atoms with E-state index in [1.54, 1.807) is 0 Å². The van der Waals surface area contributed by atoms with Crippen molar-refractivity contribution in [3.63, 3.8) is 0 Å². The SMILES string of the molecule is CC[C@]12CC[C@H]3[C@@H]([C@H](C)CC4=CC(=O)CC[C@@H]43)[C@@H]1C=CC[C@@H]2O. The van der Waals surface area contributed by atoms with E-state index >= 15 is 0 Å². The van der Waals surface area contributed by atoms with Crippen LogP contribution in [0.15, 0.2) is 23.8 Å². The van der Waals surface area contributed by atoms with Crippen molar-refractivity contribution in [2.45, 2.75) is 64.9 Å². The highest BCUT2D eigenvalue weighted by atomic mass is 16.3. The van der Waals surface area contributed by atoms with Gasteiger partial charge in [0.1, 0.15) is 0 Å². The molecule has 1 N–H and O–H groups in total. The summed E-state index contributed by atoms with van der Waals surface area (Å²) in [6, 6.07) is 0. The van der Waals surface area contributed by atoms with Crippen LogP contribution in [-0.4, -0.2) is 17.0 Å². The summed E-state index contributed by atoms with van der Waals surface area (Å²) in [6.07, 6.45) is 13.7. The predicted molar refractivity (Wildman–Crippen MR) is 91.8 cm³/mol. The first-order chi connectivity index (χ1) is 11.1. The van der Waals surface area contributed by atoms with Crippen LogP contribution in [0.4, 0.5) is 0 Å². The average molecular weight is 314 g/mol. The van der Waals surface area contributed by atoms with Gasteiger partial charge in [-0.15, -0.1) is 0 Å². The molecule has 0 aliphatic heterocycles. The molecular formula is C21H30O2. The van der Waals surface area contributed by atoms with Crippen molar-refractivity contribution in [3.8, 4) is 0 Å². The van der Waals surface area contributed by atoms with Gasteiger partial charge in [0, 0.05) is 11.8 Å². The summed E-state index contributed by atoms with van der Waals surface area (Å²) in [7, 11) is 0. The monoisotopic (exact) mass is 314 g/mol. The molecule has 2 fully saturated rings. The standard InChI is InChI=1S/C21H30O2/c1-3-21-10-9-17-16-8-7-15(22)12-14(16)11-13(2)20(17)18(21)5-4-6-19(21)23/h4-5,12-13,16-20,23H,3,6-11H2,1-2H3/t13-,16+,17-,18+,19+,20-,21+/m1/s1. The molecule has 0 amide bonds. The molecule has 0 heterocycles. The average Bonchev–Trinajstić information content (AvgIpc) is 2.54. The number of carbonyl (C=O) groups is 1. The molecule has 4 aliphatic rings. The Morgan fingerprint density at radius 2 is 2.17 bits per heavy atom. The predicted octanol–water partition coefficient (Wildman–Crippen LogP) is 4.29. The summed E-state index contributed by atoms with van der Waals surface area (Å²) >= 11 is 0. The molecule has 0 unspecified atom stereocenters. The van der Waals surface area contributed by atoms with Gasteiger partial charge in [-0.3, -0.25) is 4.79 Å². The van der Waals surface area contributed by atoms with Gasteiger partial charge in [-0.05, 0) is 74.2 Å². The van der Waals surface area contributed by atoms with E-state index in [0.717, 1.165) is 44.4 Å². The Hall–Kier alpha value is -0.890. The summed E-state index contributed by atoms with van der Waals surface area (Å²) in [5.74, 6) is 3.54. The van der Waals surface area contributed by atoms with E-state index in [4.69, 9.17) is 0 Å². The smallest absolute Gasteiger partial charge is 0.155 e. The number of rotatable bonds is 1. The number of carbonyl (C=O) groups excluding carboxylic acids is 1. The van der Waals surface area contributed by atoms with E-state index in [2.05, 4.69) is 26.0 Å². The van der Waals surface area contributed by atoms with Gasteiger partial charge < -0.3 is 5.11 Å². The first kappa shape index (κ1) is 15.6. The van der Waals surface area contributed by atoms with Crippen LogP contribution in [0, 0.1) is 35.0 Å². The van der Waals surface area contributed by atoms with Crippen LogP contribution < -0.4 is 0 Å². The number of ketones is 1. The zero-order valence-corrected chi connectivity index (χ0v) is 14.5. The number of hydrogen-bond acceptors (Lipinski definition) is 2. The lowest BCUT2D eigenvalue weighted by atomic mass is 9.46. The Morgan fingerprint density at radius 1 is 1.35 bits per heavy atom. The van der Waals surface area contributed by atoms with Crippen molar-refractivity contribution in [1.29, 1.82) is 0 Å². The molecule has 23 heavy (non-hydrogen) atoms. The van der Waals surface area contributed by atoms with Crippen LogP contribution in [0.25, 0.3) is 0 Å². The summed E-state index contributed by atoms with van der Waals surface area (Å²) in [4.78, 5) is 11.8. The number of hydrogen-bond donors (Lipinski definition) is 1. The van der Waals surface area contributed by atoms with E-state index in [9.17, 15) is 9.90 Å². The minimum absolute atomic E-state index is 0.107. The van der Waals surface area contributed by atoms with Gasteiger partial charge in [-0.25, -0.2) is 0 Å². The Bertz CT molecular complexity index is 560. The van der Waals surface area contributed by atoms with Crippen molar-refractivity contribution in [1.82, 2.24) is 0 Å². The van der Waals surface area contributed by atoms with E-state index in [-0.39, 0.29) is 11.5 Å². The highest BCUT2D eigenvalue weighted by Gasteiger charge is 2.56. The molecule has 0 spiro atoms. The Kier molecular flexibility index (Phi) is 3.79. The second-order valence-electron chi connectivity index (χ2n) is 8.58. The molecule has 4 rings (SSSR count). The van der Waals surface area contributed by atoms with E-state index in [1.807, 2.05) is 6.08 Å². The van der Waals surface area contributed by atoms with Crippen molar-refractivity contribution in [3.05, 3.63) is 23.8 Å². The van der Waals surface area contributed by atoms with Gasteiger partial charge >= 0.3 is 0 Å². The molecule has 0 aromatic carbocycles. The van der Waals surface area contributed by atoms with Gasteiger partial charge in [-0.2, -0.15) is 0 Å². The highest BCUT2D eigenvalue weighted by Crippen LogP contribution is 2.61. The van der Waals surface area contributed by atoms with E-state index in [1.165, 1.54) is 12.0 Å². The normalized spacial score (nSPS) is 49.0. The molecule has 0 bridgehead atoms. The van der Waals surface area contributed by atoms with Crippen LogP contribution >= 0.6 is 0 Å². The summed E-state index contributed by atoms with van der Waals surface area (Å²) < 4.78 is 0. The summed E-state index contributed by atoms with van der Waals surface area (Å²) in [5.41, 5.74) is 1.55. The maximum Gasteiger partial charge on any atom is 0.155 e. The lowest BCUT2D eigenvalue weighted by Gasteiger charge is -2.59. The van der Waals surface area contributed by atoms with Gasteiger partial charge in [0.25, 0.3) is 0 Å². The quantitative estimate of drug-likeness (QED) is 0.733. The van der Waals surface area contributed by atoms with E-state index in [0.29, 0.717) is 29.5 Å². The maximum atomic E-state index is 11.8. The molecule has 2 nitrogen and oxygen atoms in total. The summed E-state index contributed by atoms with van der Waals surface area (Å²) in [6.45, 7) is 4.65. The lowest BCUT2D eigenvalue weighted by molar-refractivity contribution is -0.118. The Balaban J connectivity index is 1.72. The zero-order valence-electron chi connectivity index (χ0n) is 14.5. The highest BCUT2D eigenvalue weighted by molar-refractivity contribution is 5.91. The lowest BCUT2D eigenvalue weighted by Crippen LogP contribution is -2.55. The molecule has 0 aromatic rings. The maximum absolute atomic E-state index is 11.8. The molecule has 2 saturated carbocycles. The van der Waals surface area contributed by atoms with E-state index < -0.39 is 0 Å². The van der Waals surface area contributed by atoms with Crippen molar-refractivity contribution in [2.24, 2.45) is 35.0 Å². The third-order valence-electron chi connectivity index (χ3n) is 7.80. The fraction of sp³-hybridized carbons (Fsp3) is 0.762. The number of aliphatic hydroxyl groups excluding tert-OH is 1. The number of fused-ring (bicyclic) bond motifs is 5. The molecule has 2 heteroatoms. The zero-order chi connectivity index (χ0) is 16.2. The third kappa shape index (κ3) is 2.21. The minimum Gasteiger partial charge on any atom is -0.392 e. The molecule has 0 aromatic heterocycles. The van der Waals surface area contributed by atoms with Crippen LogP contribution in [0.5, 0.6) is 0 Å². The molecule has 0 saturated heterocycles. The number of aliphatic hydroxyl groups is 1.